The van der Waals surface area contributed by atoms with Crippen LogP contribution in [0.1, 0.15) is 16.1 Å². The molecule has 11 nitrogen and oxygen atoms in total. The highest BCUT2D eigenvalue weighted by Crippen LogP contribution is 2.29. The van der Waals surface area contributed by atoms with E-state index in [2.05, 4.69) is 15.2 Å². The van der Waals surface area contributed by atoms with Crippen LogP contribution in [-0.2, 0) is 10.0 Å². The summed E-state index contributed by atoms with van der Waals surface area (Å²) in [5.41, 5.74) is -0.0987. The number of aryl methyl sites for hydroxylation is 1. The molecular weight excluding hydrogens is 404 g/mol. The van der Waals surface area contributed by atoms with Gasteiger partial charge in [-0.3, -0.25) is 19.6 Å². The molecule has 0 saturated heterocycles. The number of carbonyl (C=O) groups excluding carboxylic acids is 1. The molecule has 150 valence electrons. The van der Waals surface area contributed by atoms with Crippen LogP contribution in [0.4, 0.5) is 17.1 Å². The molecule has 1 aromatic heterocycles. The molecule has 3 rings (SSSR count). The van der Waals surface area contributed by atoms with Gasteiger partial charge in [-0.25, -0.2) is 8.42 Å². The van der Waals surface area contributed by atoms with Crippen LogP contribution in [0.5, 0.6) is 5.75 Å². The first-order chi connectivity index (χ1) is 13.7. The van der Waals surface area contributed by atoms with Crippen LogP contribution in [0.2, 0.25) is 0 Å². The Morgan fingerprint density at radius 2 is 1.93 bits per heavy atom. The zero-order chi connectivity index (χ0) is 21.2. The predicted octanol–water partition coefficient (Wildman–Crippen LogP) is 2.65. The van der Waals surface area contributed by atoms with Crippen molar-refractivity contribution in [2.45, 2.75) is 11.8 Å². The molecular formula is C17H14N4O7S. The second-order valence-corrected chi connectivity index (χ2v) is 7.53. The second kappa shape index (κ2) is 7.59. The van der Waals surface area contributed by atoms with Crippen LogP contribution in [0.3, 0.4) is 0 Å². The predicted molar refractivity (Wildman–Crippen MR) is 101 cm³/mol. The number of sulfonamides is 1. The molecule has 29 heavy (non-hydrogen) atoms. The molecule has 3 N–H and O–H groups in total. The summed E-state index contributed by atoms with van der Waals surface area (Å²) in [6.45, 7) is 1.57. The van der Waals surface area contributed by atoms with Crippen LogP contribution in [-0.4, -0.2) is 29.5 Å². The minimum Gasteiger partial charge on any atom is -0.502 e. The first kappa shape index (κ1) is 19.8. The molecule has 12 heteroatoms. The number of nitrogens with one attached hydrogen (secondary N) is 2. The molecule has 0 unspecified atom stereocenters. The Balaban J connectivity index is 1.82. The number of nitro benzene ring substituents is 1. The van der Waals surface area contributed by atoms with Gasteiger partial charge in [0, 0.05) is 11.8 Å². The van der Waals surface area contributed by atoms with Crippen molar-refractivity contribution >= 4 is 33.0 Å². The highest BCUT2D eigenvalue weighted by Gasteiger charge is 2.21. The first-order valence-electron chi connectivity index (χ1n) is 8.00. The molecule has 2 aromatic carbocycles. The summed E-state index contributed by atoms with van der Waals surface area (Å²) in [6.07, 6.45) is 1.26. The number of rotatable bonds is 6. The van der Waals surface area contributed by atoms with Crippen molar-refractivity contribution in [2.24, 2.45) is 0 Å². The van der Waals surface area contributed by atoms with Crippen molar-refractivity contribution in [3.63, 3.8) is 0 Å². The zero-order valence-corrected chi connectivity index (χ0v) is 15.6. The Morgan fingerprint density at radius 1 is 1.21 bits per heavy atom. The van der Waals surface area contributed by atoms with Crippen molar-refractivity contribution in [3.05, 3.63) is 70.1 Å². The molecule has 0 aliphatic carbocycles. The normalized spacial score (nSPS) is 11.1. The van der Waals surface area contributed by atoms with E-state index >= 15 is 0 Å². The van der Waals surface area contributed by atoms with E-state index in [0.29, 0.717) is 11.4 Å². The van der Waals surface area contributed by atoms with E-state index in [4.69, 9.17) is 4.52 Å². The fraction of sp³-hybridized carbons (Fsp3) is 0.0588. The number of phenolic OH excluding ortho intramolecular Hbond substituents is 1. The van der Waals surface area contributed by atoms with E-state index in [1.54, 1.807) is 13.0 Å². The fourth-order valence-corrected chi connectivity index (χ4v) is 3.48. The molecule has 1 amide bonds. The minimum absolute atomic E-state index is 0.112. The van der Waals surface area contributed by atoms with Crippen molar-refractivity contribution in [1.82, 2.24) is 5.16 Å². The third-order valence-corrected chi connectivity index (χ3v) is 5.20. The average Bonchev–Trinajstić information content (AvgIpc) is 3.07. The monoisotopic (exact) mass is 418 g/mol. The number of nitro groups is 1. The van der Waals surface area contributed by atoms with E-state index in [1.807, 2.05) is 0 Å². The van der Waals surface area contributed by atoms with E-state index in [9.17, 15) is 28.4 Å². The molecule has 0 radical (unpaired) electrons. The lowest BCUT2D eigenvalue weighted by molar-refractivity contribution is -0.386. The zero-order valence-electron chi connectivity index (χ0n) is 14.8. The van der Waals surface area contributed by atoms with Gasteiger partial charge < -0.3 is 14.9 Å². The summed E-state index contributed by atoms with van der Waals surface area (Å²) in [4.78, 5) is 21.8. The van der Waals surface area contributed by atoms with Crippen molar-refractivity contribution in [2.75, 3.05) is 10.0 Å². The third kappa shape index (κ3) is 4.32. The summed E-state index contributed by atoms with van der Waals surface area (Å²) >= 11 is 0. The number of aromatic nitrogens is 1. The summed E-state index contributed by atoms with van der Waals surface area (Å²) in [5.74, 6) is -0.811. The highest BCUT2D eigenvalue weighted by atomic mass is 32.2. The topological polar surface area (TPSA) is 165 Å². The van der Waals surface area contributed by atoms with Gasteiger partial charge in [0.25, 0.3) is 15.9 Å². The second-order valence-electron chi connectivity index (χ2n) is 5.84. The van der Waals surface area contributed by atoms with Gasteiger partial charge in [0.05, 0.1) is 21.7 Å². The SMILES string of the molecule is Cc1oncc1C(=O)Nc1cccc(NS(=O)(=O)c2ccc(O)c([N+](=O)[O-])c2)c1. The molecule has 1 heterocycles. The molecule has 0 aliphatic rings. The van der Waals surface area contributed by atoms with Crippen LogP contribution >= 0.6 is 0 Å². The van der Waals surface area contributed by atoms with E-state index in [1.165, 1.54) is 24.4 Å². The molecule has 0 aliphatic heterocycles. The Morgan fingerprint density at radius 3 is 2.59 bits per heavy atom. The third-order valence-electron chi connectivity index (χ3n) is 3.82. The van der Waals surface area contributed by atoms with Gasteiger partial charge in [-0.15, -0.1) is 0 Å². The Bertz CT molecular complexity index is 1200. The van der Waals surface area contributed by atoms with Gasteiger partial charge in [-0.1, -0.05) is 11.2 Å². The van der Waals surface area contributed by atoms with Crippen LogP contribution in [0, 0.1) is 17.0 Å². The molecule has 0 saturated carbocycles. The maximum atomic E-state index is 12.5. The Hall–Kier alpha value is -3.93. The van der Waals surface area contributed by atoms with Gasteiger partial charge >= 0.3 is 5.69 Å². The maximum absolute atomic E-state index is 12.5. The van der Waals surface area contributed by atoms with Gasteiger partial charge in [-0.05, 0) is 37.3 Å². The number of phenols is 1. The smallest absolute Gasteiger partial charge is 0.312 e. The lowest BCUT2D eigenvalue weighted by Crippen LogP contribution is -2.14. The van der Waals surface area contributed by atoms with Crippen LogP contribution in [0.15, 0.2) is 58.1 Å². The minimum atomic E-state index is -4.18. The number of benzene rings is 2. The average molecular weight is 418 g/mol. The summed E-state index contributed by atoms with van der Waals surface area (Å²) in [7, 11) is -4.18. The molecule has 0 atom stereocenters. The van der Waals surface area contributed by atoms with Gasteiger partial charge in [0.15, 0.2) is 5.75 Å². The standard InChI is InChI=1S/C17H14N4O7S/c1-10-14(9-18-28-10)17(23)19-11-3-2-4-12(7-11)20-29(26,27)13-5-6-16(22)15(8-13)21(24)25/h2-9,20,22H,1H3,(H,19,23). The molecule has 0 fully saturated rings. The summed E-state index contributed by atoms with van der Waals surface area (Å²) in [6, 6.07) is 8.56. The van der Waals surface area contributed by atoms with E-state index in [0.717, 1.165) is 18.2 Å². The number of amides is 1. The summed E-state index contributed by atoms with van der Waals surface area (Å²) in [5, 5.41) is 26.5. The van der Waals surface area contributed by atoms with E-state index < -0.39 is 37.2 Å². The number of carbonyl (C=O) groups is 1. The Kier molecular flexibility index (Phi) is 5.19. The highest BCUT2D eigenvalue weighted by molar-refractivity contribution is 7.92. The molecule has 0 bridgehead atoms. The van der Waals surface area contributed by atoms with Crippen LogP contribution in [0.25, 0.3) is 0 Å². The maximum Gasteiger partial charge on any atom is 0.312 e. The fourth-order valence-electron chi connectivity index (χ4n) is 2.41. The van der Waals surface area contributed by atoms with Crippen molar-refractivity contribution < 1.29 is 27.8 Å². The first-order valence-corrected chi connectivity index (χ1v) is 9.48. The molecule has 0 spiro atoms. The van der Waals surface area contributed by atoms with Gasteiger partial charge in [-0.2, -0.15) is 0 Å². The van der Waals surface area contributed by atoms with Gasteiger partial charge in [0.2, 0.25) is 0 Å². The van der Waals surface area contributed by atoms with E-state index in [-0.39, 0.29) is 11.3 Å². The number of aromatic hydroxyl groups is 1. The number of anilines is 2. The number of nitrogens with zero attached hydrogens (tertiary/aromatic N) is 2. The molecule has 3 aromatic rings. The lowest BCUT2D eigenvalue weighted by atomic mass is 10.2. The Labute approximate surface area is 164 Å². The van der Waals surface area contributed by atoms with Crippen molar-refractivity contribution in [3.8, 4) is 5.75 Å². The van der Waals surface area contributed by atoms with Gasteiger partial charge in [0.1, 0.15) is 11.3 Å². The summed E-state index contributed by atoms with van der Waals surface area (Å²) < 4.78 is 32.2. The number of hydrogen-bond acceptors (Lipinski definition) is 8. The van der Waals surface area contributed by atoms with Crippen molar-refractivity contribution in [1.29, 1.82) is 0 Å². The van der Waals surface area contributed by atoms with Crippen LogP contribution < -0.4 is 10.0 Å². The number of hydrogen-bond donors (Lipinski definition) is 3. The largest absolute Gasteiger partial charge is 0.502 e. The lowest BCUT2D eigenvalue weighted by Gasteiger charge is -2.10. The quantitative estimate of drug-likeness (QED) is 0.406.